The first-order valence-electron chi connectivity index (χ1n) is 5.39. The second kappa shape index (κ2) is 9.49. The van der Waals surface area contributed by atoms with Gasteiger partial charge in [0.1, 0.15) is 23.7 Å². The molecule has 1 unspecified atom stereocenters. The van der Waals surface area contributed by atoms with Gasteiger partial charge in [-0.2, -0.15) is 0 Å². The third-order valence-corrected chi connectivity index (χ3v) is 1.97. The zero-order valence-corrected chi connectivity index (χ0v) is 10.5. The van der Waals surface area contributed by atoms with Crippen LogP contribution in [0.25, 0.3) is 0 Å². The maximum absolute atomic E-state index is 12.3. The van der Waals surface area contributed by atoms with E-state index in [2.05, 4.69) is 10.1 Å². The van der Waals surface area contributed by atoms with Gasteiger partial charge in [0.05, 0.1) is 13.2 Å². The van der Waals surface area contributed by atoms with Gasteiger partial charge in [0, 0.05) is 18.2 Å². The predicted molar refractivity (Wildman–Crippen MR) is 65.5 cm³/mol. The molecule has 4 nitrogen and oxygen atoms in total. The molecule has 0 aromatic heterocycles. The molecule has 0 aliphatic heterocycles. The average molecular weight is 260 g/mol. The van der Waals surface area contributed by atoms with Crippen molar-refractivity contribution in [2.75, 3.05) is 20.7 Å². The maximum Gasteiger partial charge on any atom is 0.136 e. The fourth-order valence-electron chi connectivity index (χ4n) is 1.03. The predicted octanol–water partition coefficient (Wildman–Crippen LogP) is 1.10. The summed E-state index contributed by atoms with van der Waals surface area (Å²) in [6.45, 7) is 0.805. The minimum atomic E-state index is -0.628. The molecule has 0 heterocycles. The Hall–Kier alpha value is -1.53. The van der Waals surface area contributed by atoms with Crippen LogP contribution < -0.4 is 15.8 Å². The minimum absolute atomic E-state index is 0.192. The summed E-state index contributed by atoms with van der Waals surface area (Å²) in [6, 6.07) is 2.73. The van der Waals surface area contributed by atoms with Crippen LogP contribution in [0.15, 0.2) is 18.2 Å². The van der Waals surface area contributed by atoms with Gasteiger partial charge >= 0.3 is 0 Å². The third kappa shape index (κ3) is 7.70. The molecular weight excluding hydrogens is 242 g/mol. The van der Waals surface area contributed by atoms with E-state index in [9.17, 15) is 13.6 Å². The monoisotopic (exact) mass is 260 g/mol. The van der Waals surface area contributed by atoms with Crippen molar-refractivity contribution in [3.8, 4) is 5.75 Å². The topological polar surface area (TPSA) is 64.3 Å². The number of hydrogen-bond donors (Lipinski definition) is 2. The van der Waals surface area contributed by atoms with E-state index in [0.717, 1.165) is 37.5 Å². The van der Waals surface area contributed by atoms with E-state index in [-0.39, 0.29) is 11.8 Å². The summed E-state index contributed by atoms with van der Waals surface area (Å²) in [7, 11) is 3.19. The van der Waals surface area contributed by atoms with E-state index < -0.39 is 11.6 Å². The molecule has 1 atom stereocenters. The lowest BCUT2D eigenvalue weighted by atomic mass is 10.2. The molecule has 0 aliphatic carbocycles. The molecule has 0 spiro atoms. The van der Waals surface area contributed by atoms with E-state index in [1.807, 2.05) is 7.05 Å². The van der Waals surface area contributed by atoms with Gasteiger partial charge < -0.3 is 20.6 Å². The summed E-state index contributed by atoms with van der Waals surface area (Å²) in [5.74, 6) is -1.06. The van der Waals surface area contributed by atoms with Gasteiger partial charge in [-0.05, 0) is 20.0 Å². The van der Waals surface area contributed by atoms with E-state index in [4.69, 9.17) is 5.73 Å². The molecule has 1 aromatic rings. The number of methoxy groups -OCH3 is 1. The summed E-state index contributed by atoms with van der Waals surface area (Å²) in [4.78, 5) is 9.86. The first-order chi connectivity index (χ1) is 8.53. The normalized spacial score (nSPS) is 11.2. The van der Waals surface area contributed by atoms with Crippen LogP contribution in [-0.2, 0) is 4.79 Å². The van der Waals surface area contributed by atoms with E-state index in [1.165, 1.54) is 7.11 Å². The molecule has 0 bridgehead atoms. The summed E-state index contributed by atoms with van der Waals surface area (Å²) < 4.78 is 29.2. The lowest BCUT2D eigenvalue weighted by Gasteiger charge is -1.99. The number of rotatable bonds is 5. The lowest BCUT2D eigenvalue weighted by Crippen LogP contribution is -2.25. The minimum Gasteiger partial charge on any atom is -0.497 e. The SMILES string of the molecule is CNCCC(N)C=O.COc1cc(F)cc(F)c1. The Morgan fingerprint density at radius 1 is 1.39 bits per heavy atom. The molecule has 1 rings (SSSR count). The molecule has 0 amide bonds. The van der Waals surface area contributed by atoms with Crippen molar-refractivity contribution in [2.45, 2.75) is 12.5 Å². The van der Waals surface area contributed by atoms with Crippen LogP contribution in [0.3, 0.4) is 0 Å². The van der Waals surface area contributed by atoms with Crippen LogP contribution in [0.2, 0.25) is 0 Å². The number of carbonyl (C=O) groups is 1. The Balaban J connectivity index is 0.000000331. The smallest absolute Gasteiger partial charge is 0.136 e. The van der Waals surface area contributed by atoms with Gasteiger partial charge in [-0.3, -0.25) is 0 Å². The number of carbonyl (C=O) groups excluding carboxylic acids is 1. The molecule has 1 aromatic carbocycles. The summed E-state index contributed by atoms with van der Waals surface area (Å²) in [6.07, 6.45) is 1.48. The molecule has 0 aliphatic rings. The highest BCUT2D eigenvalue weighted by Gasteiger charge is 1.98. The van der Waals surface area contributed by atoms with Gasteiger partial charge in [-0.15, -0.1) is 0 Å². The standard InChI is InChI=1S/C7H6F2O.C5H12N2O/c1-10-7-3-5(8)2-6(9)4-7;1-7-3-2-5(6)4-8/h2-4H,1H3;4-5,7H,2-3,6H2,1H3. The summed E-state index contributed by atoms with van der Waals surface area (Å²) in [5.41, 5.74) is 5.25. The summed E-state index contributed by atoms with van der Waals surface area (Å²) >= 11 is 0. The molecule has 0 saturated heterocycles. The molecular formula is C12H18F2N2O2. The van der Waals surface area contributed by atoms with E-state index in [0.29, 0.717) is 0 Å². The first-order valence-corrected chi connectivity index (χ1v) is 5.39. The molecule has 6 heteroatoms. The quantitative estimate of drug-likeness (QED) is 0.778. The number of halogens is 2. The van der Waals surface area contributed by atoms with Crippen molar-refractivity contribution in [1.82, 2.24) is 5.32 Å². The third-order valence-electron chi connectivity index (χ3n) is 1.97. The molecule has 0 saturated carbocycles. The van der Waals surface area contributed by atoms with Gasteiger partial charge in [0.25, 0.3) is 0 Å². The van der Waals surface area contributed by atoms with Crippen molar-refractivity contribution in [3.05, 3.63) is 29.8 Å². The van der Waals surface area contributed by atoms with Crippen molar-refractivity contribution in [1.29, 1.82) is 0 Å². The van der Waals surface area contributed by atoms with Crippen LogP contribution >= 0.6 is 0 Å². The number of benzene rings is 1. The number of nitrogens with one attached hydrogen (secondary N) is 1. The zero-order valence-electron chi connectivity index (χ0n) is 10.5. The summed E-state index contributed by atoms with van der Waals surface area (Å²) in [5, 5.41) is 2.89. The number of nitrogens with two attached hydrogens (primary N) is 1. The molecule has 0 radical (unpaired) electrons. The van der Waals surface area contributed by atoms with Gasteiger partial charge in [-0.1, -0.05) is 0 Å². The van der Waals surface area contributed by atoms with E-state index >= 15 is 0 Å². The second-order valence-corrected chi connectivity index (χ2v) is 3.50. The van der Waals surface area contributed by atoms with Gasteiger partial charge in [0.15, 0.2) is 0 Å². The second-order valence-electron chi connectivity index (χ2n) is 3.50. The average Bonchev–Trinajstić information content (AvgIpc) is 2.35. The number of aldehydes is 1. The Bertz CT molecular complexity index is 342. The fourth-order valence-corrected chi connectivity index (χ4v) is 1.03. The number of ether oxygens (including phenoxy) is 1. The van der Waals surface area contributed by atoms with Gasteiger partial charge in [-0.25, -0.2) is 8.78 Å². The molecule has 18 heavy (non-hydrogen) atoms. The van der Waals surface area contributed by atoms with Crippen molar-refractivity contribution >= 4 is 6.29 Å². The molecule has 3 N–H and O–H groups in total. The highest BCUT2D eigenvalue weighted by Crippen LogP contribution is 2.13. The fraction of sp³-hybridized carbons (Fsp3) is 0.417. The zero-order chi connectivity index (χ0) is 14.0. The number of hydrogen-bond acceptors (Lipinski definition) is 4. The van der Waals surface area contributed by atoms with Crippen molar-refractivity contribution in [2.24, 2.45) is 5.73 Å². The Kier molecular flexibility index (Phi) is 8.69. The molecule has 0 fully saturated rings. The first kappa shape index (κ1) is 16.5. The van der Waals surface area contributed by atoms with Crippen LogP contribution in [-0.4, -0.2) is 33.0 Å². The highest BCUT2D eigenvalue weighted by atomic mass is 19.1. The molecule has 102 valence electrons. The largest absolute Gasteiger partial charge is 0.497 e. The Morgan fingerprint density at radius 3 is 2.33 bits per heavy atom. The van der Waals surface area contributed by atoms with Gasteiger partial charge in [0.2, 0.25) is 0 Å². The highest BCUT2D eigenvalue weighted by molar-refractivity contribution is 5.56. The maximum atomic E-state index is 12.3. The van der Waals surface area contributed by atoms with Crippen LogP contribution in [0.5, 0.6) is 5.75 Å². The van der Waals surface area contributed by atoms with Crippen molar-refractivity contribution < 1.29 is 18.3 Å². The Morgan fingerprint density at radius 2 is 1.94 bits per heavy atom. The van der Waals surface area contributed by atoms with Crippen molar-refractivity contribution in [3.63, 3.8) is 0 Å². The van der Waals surface area contributed by atoms with E-state index in [1.54, 1.807) is 0 Å². The van der Waals surface area contributed by atoms with Crippen LogP contribution in [0, 0.1) is 11.6 Å². The van der Waals surface area contributed by atoms with Crippen LogP contribution in [0.1, 0.15) is 6.42 Å². The Labute approximate surface area is 105 Å². The van der Waals surface area contributed by atoms with Crippen LogP contribution in [0.4, 0.5) is 8.78 Å². The lowest BCUT2D eigenvalue weighted by molar-refractivity contribution is -0.109.